The minimum absolute atomic E-state index is 0.109. The Kier molecular flexibility index (Phi) is 6.05. The molecule has 0 radical (unpaired) electrons. The molecular formula is C21H31N3O3. The summed E-state index contributed by atoms with van der Waals surface area (Å²) in [5, 5.41) is 5.87. The standard InChI is InChI=1S/C21H31N3O3/c1-21(2,3)27-20(26)22-13-15-8-10-24(11-9-15)14-16-4-5-17-6-7-19(25)23-18(17)12-16/h4-5,12,15H,6-11,13-14H2,1-3H3,(H,22,26)(H,23,25). The van der Waals surface area contributed by atoms with Gasteiger partial charge in [0.1, 0.15) is 5.60 Å². The Morgan fingerprint density at radius 1 is 1.26 bits per heavy atom. The summed E-state index contributed by atoms with van der Waals surface area (Å²) in [7, 11) is 0. The number of nitrogens with zero attached hydrogens (tertiary/aromatic N) is 1. The molecule has 2 heterocycles. The zero-order valence-corrected chi connectivity index (χ0v) is 16.6. The fourth-order valence-electron chi connectivity index (χ4n) is 3.67. The van der Waals surface area contributed by atoms with Crippen LogP contribution in [0.15, 0.2) is 18.2 Å². The van der Waals surface area contributed by atoms with E-state index >= 15 is 0 Å². The van der Waals surface area contributed by atoms with Crippen LogP contribution in [0.4, 0.5) is 10.5 Å². The lowest BCUT2D eigenvalue weighted by molar-refractivity contribution is -0.116. The van der Waals surface area contributed by atoms with Gasteiger partial charge in [-0.25, -0.2) is 4.79 Å². The molecule has 0 spiro atoms. The van der Waals surface area contributed by atoms with Crippen LogP contribution in [0.2, 0.25) is 0 Å². The van der Waals surface area contributed by atoms with Crippen LogP contribution >= 0.6 is 0 Å². The van der Waals surface area contributed by atoms with Crippen molar-refractivity contribution in [1.29, 1.82) is 0 Å². The second-order valence-electron chi connectivity index (χ2n) is 8.64. The van der Waals surface area contributed by atoms with E-state index in [2.05, 4.69) is 33.7 Å². The molecule has 0 bridgehead atoms. The quantitative estimate of drug-likeness (QED) is 0.849. The molecule has 2 aliphatic rings. The van der Waals surface area contributed by atoms with E-state index < -0.39 is 5.60 Å². The minimum Gasteiger partial charge on any atom is -0.444 e. The molecule has 6 nitrogen and oxygen atoms in total. The predicted molar refractivity (Wildman–Crippen MR) is 106 cm³/mol. The number of likely N-dealkylation sites (tertiary alicyclic amines) is 1. The molecule has 0 atom stereocenters. The Morgan fingerprint density at radius 2 is 2.00 bits per heavy atom. The molecule has 0 aliphatic carbocycles. The topological polar surface area (TPSA) is 70.7 Å². The van der Waals surface area contributed by atoms with Crippen LogP contribution in [-0.2, 0) is 22.5 Å². The molecule has 0 unspecified atom stereocenters. The molecule has 148 valence electrons. The first-order chi connectivity index (χ1) is 12.8. The van der Waals surface area contributed by atoms with Crippen molar-refractivity contribution in [3.8, 4) is 0 Å². The number of carbonyl (C=O) groups is 2. The van der Waals surface area contributed by atoms with Crippen molar-refractivity contribution in [2.45, 2.75) is 58.6 Å². The first-order valence-corrected chi connectivity index (χ1v) is 9.89. The second kappa shape index (κ2) is 8.30. The number of nitrogens with one attached hydrogen (secondary N) is 2. The third-order valence-electron chi connectivity index (χ3n) is 5.12. The zero-order chi connectivity index (χ0) is 19.4. The van der Waals surface area contributed by atoms with Gasteiger partial charge in [0, 0.05) is 25.2 Å². The van der Waals surface area contributed by atoms with Gasteiger partial charge in [0.2, 0.25) is 5.91 Å². The SMILES string of the molecule is CC(C)(C)OC(=O)NCC1CCN(Cc2ccc3c(c2)NC(=O)CC3)CC1. The number of carbonyl (C=O) groups excluding carboxylic acids is 2. The minimum atomic E-state index is -0.457. The molecule has 1 aromatic carbocycles. The van der Waals surface area contributed by atoms with Gasteiger partial charge in [0.25, 0.3) is 0 Å². The molecule has 2 aliphatic heterocycles. The first-order valence-electron chi connectivity index (χ1n) is 9.89. The number of fused-ring (bicyclic) bond motifs is 1. The summed E-state index contributed by atoms with van der Waals surface area (Å²) in [6.07, 6.45) is 3.21. The molecule has 0 saturated carbocycles. The van der Waals surface area contributed by atoms with E-state index in [1.165, 1.54) is 11.1 Å². The Hall–Kier alpha value is -2.08. The Labute approximate surface area is 161 Å². The number of rotatable bonds is 4. The molecular weight excluding hydrogens is 342 g/mol. The van der Waals surface area contributed by atoms with Crippen molar-refractivity contribution in [1.82, 2.24) is 10.2 Å². The van der Waals surface area contributed by atoms with Gasteiger partial charge in [-0.2, -0.15) is 0 Å². The molecule has 3 rings (SSSR count). The number of piperidine rings is 1. The summed E-state index contributed by atoms with van der Waals surface area (Å²) in [4.78, 5) is 25.8. The lowest BCUT2D eigenvalue weighted by Crippen LogP contribution is -2.40. The molecule has 6 heteroatoms. The van der Waals surface area contributed by atoms with Crippen molar-refractivity contribution in [3.05, 3.63) is 29.3 Å². The predicted octanol–water partition coefficient (Wildman–Crippen LogP) is 3.31. The smallest absolute Gasteiger partial charge is 0.407 e. The van der Waals surface area contributed by atoms with Gasteiger partial charge in [0.05, 0.1) is 0 Å². The summed E-state index contributed by atoms with van der Waals surface area (Å²) in [5.74, 6) is 0.606. The van der Waals surface area contributed by atoms with Crippen molar-refractivity contribution < 1.29 is 14.3 Å². The van der Waals surface area contributed by atoms with Crippen molar-refractivity contribution in [2.24, 2.45) is 5.92 Å². The van der Waals surface area contributed by atoms with Gasteiger partial charge in [-0.05, 0) is 76.2 Å². The van der Waals surface area contributed by atoms with Crippen molar-refractivity contribution in [3.63, 3.8) is 0 Å². The van der Waals surface area contributed by atoms with E-state index in [1.807, 2.05) is 20.8 Å². The maximum absolute atomic E-state index is 11.8. The largest absolute Gasteiger partial charge is 0.444 e. The van der Waals surface area contributed by atoms with Gasteiger partial charge >= 0.3 is 6.09 Å². The number of hydrogen-bond acceptors (Lipinski definition) is 4. The molecule has 27 heavy (non-hydrogen) atoms. The van der Waals surface area contributed by atoms with Gasteiger partial charge < -0.3 is 15.4 Å². The maximum atomic E-state index is 11.8. The summed E-state index contributed by atoms with van der Waals surface area (Å²) in [6, 6.07) is 6.43. The van der Waals surface area contributed by atoms with Crippen LogP contribution in [0.25, 0.3) is 0 Å². The average molecular weight is 373 g/mol. The lowest BCUT2D eigenvalue weighted by atomic mass is 9.96. The maximum Gasteiger partial charge on any atom is 0.407 e. The molecule has 0 aromatic heterocycles. The second-order valence-corrected chi connectivity index (χ2v) is 8.64. The first kappa shape index (κ1) is 19.7. The molecule has 2 N–H and O–H groups in total. The highest BCUT2D eigenvalue weighted by molar-refractivity contribution is 5.93. The average Bonchev–Trinajstić information content (AvgIpc) is 2.59. The fraction of sp³-hybridized carbons (Fsp3) is 0.619. The highest BCUT2D eigenvalue weighted by Gasteiger charge is 2.22. The third kappa shape index (κ3) is 5.96. The molecule has 1 fully saturated rings. The molecule has 1 saturated heterocycles. The van der Waals surface area contributed by atoms with E-state index in [0.29, 0.717) is 18.9 Å². The van der Waals surface area contributed by atoms with Gasteiger partial charge in [-0.1, -0.05) is 12.1 Å². The van der Waals surface area contributed by atoms with E-state index in [0.717, 1.165) is 44.6 Å². The zero-order valence-electron chi connectivity index (χ0n) is 16.6. The third-order valence-corrected chi connectivity index (χ3v) is 5.12. The normalized spacial score (nSPS) is 18.6. The number of amides is 2. The van der Waals surface area contributed by atoms with E-state index in [4.69, 9.17) is 4.74 Å². The summed E-state index contributed by atoms with van der Waals surface area (Å²) >= 11 is 0. The summed E-state index contributed by atoms with van der Waals surface area (Å²) in [6.45, 7) is 9.23. The number of alkyl carbamates (subject to hydrolysis) is 1. The highest BCUT2D eigenvalue weighted by Crippen LogP contribution is 2.25. The van der Waals surface area contributed by atoms with Crippen molar-refractivity contribution in [2.75, 3.05) is 25.0 Å². The Balaban J connectivity index is 1.43. The number of anilines is 1. The lowest BCUT2D eigenvalue weighted by Gasteiger charge is -2.32. The Morgan fingerprint density at radius 3 is 2.70 bits per heavy atom. The van der Waals surface area contributed by atoms with Crippen LogP contribution in [0.1, 0.15) is 51.2 Å². The van der Waals surface area contributed by atoms with Crippen molar-refractivity contribution >= 4 is 17.7 Å². The van der Waals surface area contributed by atoms with Crippen LogP contribution in [0.5, 0.6) is 0 Å². The van der Waals surface area contributed by atoms with E-state index in [-0.39, 0.29) is 12.0 Å². The number of aryl methyl sites for hydroxylation is 1. The van der Waals surface area contributed by atoms with E-state index in [1.54, 1.807) is 0 Å². The summed E-state index contributed by atoms with van der Waals surface area (Å²) < 4.78 is 5.29. The molecule has 1 aromatic rings. The van der Waals surface area contributed by atoms with E-state index in [9.17, 15) is 9.59 Å². The van der Waals surface area contributed by atoms with Crippen LogP contribution in [0, 0.1) is 5.92 Å². The van der Waals surface area contributed by atoms with Crippen LogP contribution in [0.3, 0.4) is 0 Å². The van der Waals surface area contributed by atoms with Crippen LogP contribution < -0.4 is 10.6 Å². The number of ether oxygens (including phenoxy) is 1. The van der Waals surface area contributed by atoms with Gasteiger partial charge in [-0.15, -0.1) is 0 Å². The highest BCUT2D eigenvalue weighted by atomic mass is 16.6. The Bertz CT molecular complexity index is 688. The number of benzene rings is 1. The number of hydrogen-bond donors (Lipinski definition) is 2. The van der Waals surface area contributed by atoms with Gasteiger partial charge in [-0.3, -0.25) is 9.69 Å². The fourth-order valence-corrected chi connectivity index (χ4v) is 3.67. The molecule has 2 amide bonds. The monoisotopic (exact) mass is 373 g/mol. The van der Waals surface area contributed by atoms with Gasteiger partial charge in [0.15, 0.2) is 0 Å². The summed E-state index contributed by atoms with van der Waals surface area (Å²) in [5.41, 5.74) is 2.98. The van der Waals surface area contributed by atoms with Crippen LogP contribution in [-0.4, -0.2) is 42.1 Å².